The summed E-state index contributed by atoms with van der Waals surface area (Å²) >= 11 is 0. The van der Waals surface area contributed by atoms with Crippen molar-refractivity contribution in [3.8, 4) is 0 Å². The molecule has 1 saturated heterocycles. The number of halogens is 1. The van der Waals surface area contributed by atoms with Gasteiger partial charge in [-0.2, -0.15) is 0 Å². The highest BCUT2D eigenvalue weighted by Gasteiger charge is 2.50. The van der Waals surface area contributed by atoms with Gasteiger partial charge in [-0.05, 0) is 19.1 Å². The molecule has 1 aliphatic rings. The molecule has 3 atom stereocenters. The van der Waals surface area contributed by atoms with E-state index in [2.05, 4.69) is 0 Å². The molecular weight excluding hydrogens is 279 g/mol. The Balaban J connectivity index is 1.99. The van der Waals surface area contributed by atoms with Crippen LogP contribution >= 0.6 is 0 Å². The van der Waals surface area contributed by atoms with Crippen molar-refractivity contribution >= 4 is 11.9 Å². The van der Waals surface area contributed by atoms with Crippen LogP contribution in [-0.2, 0) is 19.0 Å². The SMILES string of the molecule is CC(=O)OC[C@H]1OC[C@](C)(OC(=O)c2ccccc2)[C@@H]1F. The van der Waals surface area contributed by atoms with E-state index < -0.39 is 29.8 Å². The Kier molecular flexibility index (Phi) is 4.57. The van der Waals surface area contributed by atoms with Gasteiger partial charge in [0.05, 0.1) is 12.2 Å². The van der Waals surface area contributed by atoms with Crippen LogP contribution in [0.2, 0.25) is 0 Å². The standard InChI is InChI=1S/C15H17FO5/c1-10(17)19-8-12-13(16)15(2,9-20-12)21-14(18)11-6-4-3-5-7-11/h3-7,12-13H,8-9H2,1-2H3/t12-,13-,15+/m1/s1. The van der Waals surface area contributed by atoms with Crippen LogP contribution in [0.4, 0.5) is 4.39 Å². The summed E-state index contributed by atoms with van der Waals surface area (Å²) in [6, 6.07) is 8.33. The first-order chi connectivity index (χ1) is 9.92. The average molecular weight is 296 g/mol. The molecule has 0 saturated carbocycles. The Labute approximate surface area is 122 Å². The molecule has 0 radical (unpaired) electrons. The molecule has 6 heteroatoms. The van der Waals surface area contributed by atoms with Crippen molar-refractivity contribution in [2.24, 2.45) is 0 Å². The van der Waals surface area contributed by atoms with Crippen molar-refractivity contribution in [3.05, 3.63) is 35.9 Å². The highest BCUT2D eigenvalue weighted by Crippen LogP contribution is 2.32. The maximum Gasteiger partial charge on any atom is 0.338 e. The summed E-state index contributed by atoms with van der Waals surface area (Å²) in [5.74, 6) is -1.13. The van der Waals surface area contributed by atoms with Crippen LogP contribution in [0.3, 0.4) is 0 Å². The van der Waals surface area contributed by atoms with Crippen molar-refractivity contribution < 1.29 is 28.2 Å². The molecule has 0 aliphatic carbocycles. The molecule has 0 aromatic heterocycles. The average Bonchev–Trinajstić information content (AvgIpc) is 2.73. The Morgan fingerprint density at radius 2 is 2.05 bits per heavy atom. The van der Waals surface area contributed by atoms with Crippen LogP contribution in [-0.4, -0.2) is 43.0 Å². The fourth-order valence-electron chi connectivity index (χ4n) is 2.09. The van der Waals surface area contributed by atoms with Crippen molar-refractivity contribution in [2.75, 3.05) is 13.2 Å². The largest absolute Gasteiger partial charge is 0.463 e. The van der Waals surface area contributed by atoms with Gasteiger partial charge in [-0.15, -0.1) is 0 Å². The second-order valence-corrected chi connectivity index (χ2v) is 5.12. The zero-order valence-electron chi connectivity index (χ0n) is 11.9. The van der Waals surface area contributed by atoms with Gasteiger partial charge in [-0.1, -0.05) is 18.2 Å². The molecule has 114 valence electrons. The van der Waals surface area contributed by atoms with E-state index in [4.69, 9.17) is 14.2 Å². The number of hydrogen-bond donors (Lipinski definition) is 0. The quantitative estimate of drug-likeness (QED) is 0.794. The van der Waals surface area contributed by atoms with E-state index in [1.807, 2.05) is 0 Å². The molecule has 2 rings (SSSR count). The number of benzene rings is 1. The van der Waals surface area contributed by atoms with E-state index in [0.29, 0.717) is 5.56 Å². The first-order valence-corrected chi connectivity index (χ1v) is 6.60. The van der Waals surface area contributed by atoms with Crippen molar-refractivity contribution in [2.45, 2.75) is 31.7 Å². The maximum atomic E-state index is 14.4. The maximum absolute atomic E-state index is 14.4. The van der Waals surface area contributed by atoms with Gasteiger partial charge in [0, 0.05) is 6.92 Å². The van der Waals surface area contributed by atoms with Gasteiger partial charge in [0.15, 0.2) is 11.8 Å². The number of alkyl halides is 1. The molecule has 0 amide bonds. The predicted octanol–water partition coefficient (Wildman–Crippen LogP) is 1.90. The van der Waals surface area contributed by atoms with E-state index in [1.165, 1.54) is 13.8 Å². The smallest absolute Gasteiger partial charge is 0.338 e. The van der Waals surface area contributed by atoms with Crippen LogP contribution in [0.5, 0.6) is 0 Å². The third kappa shape index (κ3) is 3.58. The highest BCUT2D eigenvalue weighted by molar-refractivity contribution is 5.89. The molecule has 0 N–H and O–H groups in total. The Hall–Kier alpha value is -1.95. The lowest BCUT2D eigenvalue weighted by Gasteiger charge is -2.26. The number of esters is 2. The van der Waals surface area contributed by atoms with Gasteiger partial charge in [-0.25, -0.2) is 9.18 Å². The molecule has 0 spiro atoms. The third-order valence-electron chi connectivity index (χ3n) is 3.28. The van der Waals surface area contributed by atoms with Gasteiger partial charge in [0.25, 0.3) is 0 Å². The molecule has 1 aliphatic heterocycles. The van der Waals surface area contributed by atoms with Gasteiger partial charge in [-0.3, -0.25) is 4.79 Å². The number of ether oxygens (including phenoxy) is 3. The van der Waals surface area contributed by atoms with Crippen LogP contribution in [0, 0.1) is 0 Å². The predicted molar refractivity (Wildman–Crippen MR) is 71.5 cm³/mol. The topological polar surface area (TPSA) is 61.8 Å². The van der Waals surface area contributed by atoms with Crippen molar-refractivity contribution in [1.29, 1.82) is 0 Å². The number of hydrogen-bond acceptors (Lipinski definition) is 5. The Bertz CT molecular complexity index is 518. The molecule has 1 heterocycles. The van der Waals surface area contributed by atoms with Crippen LogP contribution in [0.15, 0.2) is 30.3 Å². The van der Waals surface area contributed by atoms with Crippen LogP contribution < -0.4 is 0 Å². The van der Waals surface area contributed by atoms with E-state index >= 15 is 0 Å². The zero-order valence-corrected chi connectivity index (χ0v) is 11.9. The highest BCUT2D eigenvalue weighted by atomic mass is 19.1. The second-order valence-electron chi connectivity index (χ2n) is 5.12. The molecule has 0 bridgehead atoms. The van der Waals surface area contributed by atoms with Gasteiger partial charge in [0.2, 0.25) is 0 Å². The van der Waals surface area contributed by atoms with Crippen LogP contribution in [0.25, 0.3) is 0 Å². The minimum atomic E-state index is -1.57. The normalized spacial score (nSPS) is 28.1. The van der Waals surface area contributed by atoms with Gasteiger partial charge in [0.1, 0.15) is 12.7 Å². The molecule has 1 aromatic rings. The lowest BCUT2D eigenvalue weighted by Crippen LogP contribution is -2.43. The third-order valence-corrected chi connectivity index (χ3v) is 3.28. The Morgan fingerprint density at radius 3 is 2.67 bits per heavy atom. The number of carbonyl (C=O) groups is 2. The monoisotopic (exact) mass is 296 g/mol. The van der Waals surface area contributed by atoms with Gasteiger partial charge >= 0.3 is 11.9 Å². The zero-order chi connectivity index (χ0) is 15.5. The van der Waals surface area contributed by atoms with Crippen molar-refractivity contribution in [1.82, 2.24) is 0 Å². The molecular formula is C15H17FO5. The molecule has 1 fully saturated rings. The minimum absolute atomic E-state index is 0.0847. The number of rotatable bonds is 4. The molecule has 5 nitrogen and oxygen atoms in total. The van der Waals surface area contributed by atoms with E-state index in [-0.39, 0.29) is 13.2 Å². The minimum Gasteiger partial charge on any atom is -0.463 e. The summed E-state index contributed by atoms with van der Waals surface area (Å²) in [5.41, 5.74) is -1.05. The lowest BCUT2D eigenvalue weighted by atomic mass is 10.00. The van der Waals surface area contributed by atoms with E-state index in [9.17, 15) is 14.0 Å². The van der Waals surface area contributed by atoms with Crippen molar-refractivity contribution in [3.63, 3.8) is 0 Å². The molecule has 21 heavy (non-hydrogen) atoms. The first-order valence-electron chi connectivity index (χ1n) is 6.60. The Morgan fingerprint density at radius 1 is 1.38 bits per heavy atom. The summed E-state index contributed by atoms with van der Waals surface area (Å²) in [6.45, 7) is 2.41. The fraction of sp³-hybridized carbons (Fsp3) is 0.467. The first kappa shape index (κ1) is 15.4. The summed E-state index contributed by atoms with van der Waals surface area (Å²) in [7, 11) is 0. The summed E-state index contributed by atoms with van der Waals surface area (Å²) < 4.78 is 29.6. The van der Waals surface area contributed by atoms with E-state index in [0.717, 1.165) is 0 Å². The second kappa shape index (κ2) is 6.22. The van der Waals surface area contributed by atoms with E-state index in [1.54, 1.807) is 30.3 Å². The summed E-state index contributed by atoms with van der Waals surface area (Å²) in [5, 5.41) is 0. The lowest BCUT2D eigenvalue weighted by molar-refractivity contribution is -0.145. The van der Waals surface area contributed by atoms with Gasteiger partial charge < -0.3 is 14.2 Å². The number of carbonyl (C=O) groups excluding carboxylic acids is 2. The summed E-state index contributed by atoms with van der Waals surface area (Å²) in [4.78, 5) is 22.7. The fourth-order valence-corrected chi connectivity index (χ4v) is 2.09. The molecule has 1 aromatic carbocycles. The molecule has 0 unspecified atom stereocenters. The van der Waals surface area contributed by atoms with Crippen LogP contribution in [0.1, 0.15) is 24.2 Å². The summed E-state index contributed by atoms with van der Waals surface area (Å²) in [6.07, 6.45) is -2.49.